The lowest BCUT2D eigenvalue weighted by atomic mass is 9.96. The molecular formula is C28H24S2. The minimum absolute atomic E-state index is 1.22. The highest BCUT2D eigenvalue weighted by Gasteiger charge is 2.09. The first kappa shape index (κ1) is 18.4. The van der Waals surface area contributed by atoms with Crippen molar-refractivity contribution in [2.45, 2.75) is 39.0 Å². The molecule has 6 aromatic rings. The summed E-state index contributed by atoms with van der Waals surface area (Å²) in [6, 6.07) is 23.4. The zero-order valence-corrected chi connectivity index (χ0v) is 18.8. The van der Waals surface area contributed by atoms with E-state index in [0.29, 0.717) is 0 Å². The largest absolute Gasteiger partial charge is 0.144 e. The lowest BCUT2D eigenvalue weighted by molar-refractivity contribution is 0.670. The van der Waals surface area contributed by atoms with Gasteiger partial charge in [0.1, 0.15) is 0 Å². The van der Waals surface area contributed by atoms with Gasteiger partial charge in [-0.1, -0.05) is 50.5 Å². The van der Waals surface area contributed by atoms with Crippen molar-refractivity contribution in [2.24, 2.45) is 0 Å². The van der Waals surface area contributed by atoms with Gasteiger partial charge in [-0.05, 0) is 97.7 Å². The first-order chi connectivity index (χ1) is 14.8. The minimum Gasteiger partial charge on any atom is -0.144 e. The quantitative estimate of drug-likeness (QED) is 0.191. The first-order valence-corrected chi connectivity index (χ1v) is 12.7. The van der Waals surface area contributed by atoms with E-state index in [2.05, 4.69) is 73.0 Å². The van der Waals surface area contributed by atoms with Crippen LogP contribution in [0.1, 0.15) is 37.5 Å². The van der Waals surface area contributed by atoms with Crippen molar-refractivity contribution in [3.05, 3.63) is 70.9 Å². The van der Waals surface area contributed by atoms with Gasteiger partial charge in [-0.2, -0.15) is 0 Å². The molecule has 2 aromatic heterocycles. The second-order valence-electron chi connectivity index (χ2n) is 8.39. The summed E-state index contributed by atoms with van der Waals surface area (Å²) in [6.45, 7) is 2.28. The highest BCUT2D eigenvalue weighted by Crippen LogP contribution is 2.37. The van der Waals surface area contributed by atoms with E-state index in [0.717, 1.165) is 0 Å². The van der Waals surface area contributed by atoms with Crippen LogP contribution < -0.4 is 0 Å². The lowest BCUT2D eigenvalue weighted by Gasteiger charge is -2.08. The highest BCUT2D eigenvalue weighted by atomic mass is 32.1. The number of thiophene rings is 2. The number of aryl methyl sites for hydroxylation is 1. The van der Waals surface area contributed by atoms with Crippen molar-refractivity contribution >= 4 is 75.2 Å². The van der Waals surface area contributed by atoms with Gasteiger partial charge in [-0.3, -0.25) is 0 Å². The molecule has 0 aliphatic rings. The Bertz CT molecular complexity index is 1530. The van der Waals surface area contributed by atoms with Crippen LogP contribution in [0.15, 0.2) is 66.0 Å². The normalized spacial score (nSPS) is 12.2. The molecule has 0 atom stereocenters. The maximum Gasteiger partial charge on any atom is 0.0352 e. The summed E-state index contributed by atoms with van der Waals surface area (Å²) in [5.74, 6) is 0. The van der Waals surface area contributed by atoms with Crippen LogP contribution in [0.25, 0.3) is 52.5 Å². The average Bonchev–Trinajstić information content (AvgIpc) is 3.38. The average molecular weight is 425 g/mol. The molecule has 0 radical (unpaired) electrons. The summed E-state index contributed by atoms with van der Waals surface area (Å²) >= 11 is 3.82. The standard InChI is InChI=1S/C28H24S2/c1-2-3-4-5-6-22-15-21-14-19-8-10-23-24(26(19)17-28(21)30-22)9-7-18-13-20-11-12-29-27(20)16-25(18)23/h7-17H,2-6H2,1H3. The van der Waals surface area contributed by atoms with Gasteiger partial charge in [0.05, 0.1) is 0 Å². The van der Waals surface area contributed by atoms with E-state index in [-0.39, 0.29) is 0 Å². The van der Waals surface area contributed by atoms with Crippen molar-refractivity contribution in [3.63, 3.8) is 0 Å². The number of fused-ring (bicyclic) bond motifs is 7. The molecule has 0 bridgehead atoms. The Morgan fingerprint density at radius 2 is 1.33 bits per heavy atom. The topological polar surface area (TPSA) is 0 Å². The molecule has 0 aliphatic heterocycles. The molecule has 0 aliphatic carbocycles. The van der Waals surface area contributed by atoms with Gasteiger partial charge in [0.2, 0.25) is 0 Å². The Balaban J connectivity index is 1.51. The highest BCUT2D eigenvalue weighted by molar-refractivity contribution is 7.19. The number of rotatable bonds is 5. The van der Waals surface area contributed by atoms with E-state index >= 15 is 0 Å². The van der Waals surface area contributed by atoms with Crippen LogP contribution in [0.4, 0.5) is 0 Å². The molecule has 0 fully saturated rings. The molecule has 148 valence electrons. The van der Waals surface area contributed by atoms with Crippen LogP contribution in [-0.4, -0.2) is 0 Å². The van der Waals surface area contributed by atoms with E-state index in [9.17, 15) is 0 Å². The second kappa shape index (κ2) is 7.37. The zero-order chi connectivity index (χ0) is 20.1. The van der Waals surface area contributed by atoms with Crippen LogP contribution >= 0.6 is 22.7 Å². The number of unbranched alkanes of at least 4 members (excludes halogenated alkanes) is 3. The predicted molar refractivity (Wildman–Crippen MR) is 138 cm³/mol. The van der Waals surface area contributed by atoms with Gasteiger partial charge in [0.25, 0.3) is 0 Å². The smallest absolute Gasteiger partial charge is 0.0352 e. The maximum absolute atomic E-state index is 2.43. The molecule has 2 heterocycles. The Morgan fingerprint density at radius 1 is 0.600 bits per heavy atom. The Kier molecular flexibility index (Phi) is 4.51. The van der Waals surface area contributed by atoms with Crippen LogP contribution in [-0.2, 0) is 6.42 Å². The molecule has 2 heteroatoms. The molecule has 30 heavy (non-hydrogen) atoms. The number of hydrogen-bond acceptors (Lipinski definition) is 2. The third-order valence-electron chi connectivity index (χ3n) is 6.37. The molecule has 0 spiro atoms. The van der Waals surface area contributed by atoms with Crippen molar-refractivity contribution in [3.8, 4) is 0 Å². The molecule has 0 saturated carbocycles. The van der Waals surface area contributed by atoms with Crippen LogP contribution in [0.3, 0.4) is 0 Å². The second-order valence-corrected chi connectivity index (χ2v) is 10.5. The van der Waals surface area contributed by atoms with Gasteiger partial charge in [0.15, 0.2) is 0 Å². The van der Waals surface area contributed by atoms with Crippen molar-refractivity contribution in [2.75, 3.05) is 0 Å². The van der Waals surface area contributed by atoms with Gasteiger partial charge < -0.3 is 0 Å². The predicted octanol–water partition coefficient (Wildman–Crippen LogP) is 9.70. The van der Waals surface area contributed by atoms with E-state index < -0.39 is 0 Å². The van der Waals surface area contributed by atoms with Crippen molar-refractivity contribution in [1.82, 2.24) is 0 Å². The fourth-order valence-corrected chi connectivity index (χ4v) is 6.71. The SMILES string of the molecule is CCCCCCc1cc2cc3ccc4c5cc6sccc6cc5ccc4c3cc2s1. The molecule has 0 unspecified atom stereocenters. The molecule has 0 saturated heterocycles. The third-order valence-corrected chi connectivity index (χ3v) is 8.41. The van der Waals surface area contributed by atoms with Gasteiger partial charge in [-0.25, -0.2) is 0 Å². The van der Waals surface area contributed by atoms with Crippen molar-refractivity contribution in [1.29, 1.82) is 0 Å². The summed E-state index contributed by atoms with van der Waals surface area (Å²) in [5.41, 5.74) is 0. The monoisotopic (exact) mass is 424 g/mol. The number of hydrogen-bond donors (Lipinski definition) is 0. The van der Waals surface area contributed by atoms with E-state index in [1.165, 1.54) is 89.5 Å². The summed E-state index contributed by atoms with van der Waals surface area (Å²) in [7, 11) is 0. The minimum atomic E-state index is 1.22. The summed E-state index contributed by atoms with van der Waals surface area (Å²) in [4.78, 5) is 1.53. The van der Waals surface area contributed by atoms with Crippen molar-refractivity contribution < 1.29 is 0 Å². The van der Waals surface area contributed by atoms with Gasteiger partial charge in [-0.15, -0.1) is 22.7 Å². The lowest BCUT2D eigenvalue weighted by Crippen LogP contribution is -1.81. The third kappa shape index (κ3) is 3.02. The van der Waals surface area contributed by atoms with Gasteiger partial charge >= 0.3 is 0 Å². The molecule has 0 amide bonds. The molecule has 6 rings (SSSR count). The summed E-state index contributed by atoms with van der Waals surface area (Å²) in [5, 5.41) is 13.1. The van der Waals surface area contributed by atoms with Crippen LogP contribution in [0.5, 0.6) is 0 Å². The zero-order valence-electron chi connectivity index (χ0n) is 17.2. The Hall–Kier alpha value is -2.42. The summed E-state index contributed by atoms with van der Waals surface area (Å²) in [6.07, 6.45) is 6.54. The van der Waals surface area contributed by atoms with E-state index in [1.54, 1.807) is 0 Å². The molecule has 0 N–H and O–H groups in total. The molecular weight excluding hydrogens is 400 g/mol. The Morgan fingerprint density at radius 3 is 2.10 bits per heavy atom. The number of benzene rings is 4. The van der Waals surface area contributed by atoms with E-state index in [1.807, 2.05) is 22.7 Å². The fraction of sp³-hybridized carbons (Fsp3) is 0.214. The first-order valence-electron chi connectivity index (χ1n) is 11.0. The maximum atomic E-state index is 2.43. The van der Waals surface area contributed by atoms with Crippen LogP contribution in [0.2, 0.25) is 0 Å². The van der Waals surface area contributed by atoms with Gasteiger partial charge in [0, 0.05) is 14.3 Å². The summed E-state index contributed by atoms with van der Waals surface area (Å²) < 4.78 is 2.80. The fourth-order valence-electron chi connectivity index (χ4n) is 4.77. The molecule has 0 nitrogen and oxygen atoms in total. The molecule has 4 aromatic carbocycles. The van der Waals surface area contributed by atoms with E-state index in [4.69, 9.17) is 0 Å². The van der Waals surface area contributed by atoms with Crippen LogP contribution in [0, 0.1) is 0 Å². The Labute approximate surface area is 184 Å².